The monoisotopic (exact) mass is 420 g/mol. The van der Waals surface area contributed by atoms with Crippen molar-refractivity contribution in [2.75, 3.05) is 16.0 Å². The molecular formula is C24H21FN2O2S. The number of benzene rings is 3. The van der Waals surface area contributed by atoms with Crippen molar-refractivity contribution in [3.63, 3.8) is 0 Å². The Morgan fingerprint density at radius 2 is 1.87 bits per heavy atom. The van der Waals surface area contributed by atoms with Crippen molar-refractivity contribution in [1.82, 2.24) is 0 Å². The second-order valence-electron chi connectivity index (χ2n) is 7.31. The van der Waals surface area contributed by atoms with Gasteiger partial charge < -0.3 is 5.32 Å². The van der Waals surface area contributed by atoms with Crippen LogP contribution in [-0.4, -0.2) is 17.6 Å². The Labute approximate surface area is 179 Å². The number of hydrogen-bond acceptors (Lipinski definition) is 3. The van der Waals surface area contributed by atoms with Crippen molar-refractivity contribution >= 4 is 35.0 Å². The van der Waals surface area contributed by atoms with Gasteiger partial charge in [0.15, 0.2) is 0 Å². The molecule has 0 unspecified atom stereocenters. The normalized spacial score (nSPS) is 16.0. The summed E-state index contributed by atoms with van der Waals surface area (Å²) in [4.78, 5) is 27.0. The summed E-state index contributed by atoms with van der Waals surface area (Å²) in [6, 6.07) is 19.1. The summed E-state index contributed by atoms with van der Waals surface area (Å²) < 4.78 is 13.4. The van der Waals surface area contributed by atoms with E-state index in [1.165, 1.54) is 18.2 Å². The van der Waals surface area contributed by atoms with Gasteiger partial charge in [0.05, 0.1) is 5.75 Å². The molecule has 1 aliphatic heterocycles. The number of carbonyl (C=O) groups is 2. The average molecular weight is 421 g/mol. The highest BCUT2D eigenvalue weighted by Crippen LogP contribution is 2.43. The molecule has 3 aromatic carbocycles. The minimum Gasteiger partial charge on any atom is -0.322 e. The van der Waals surface area contributed by atoms with E-state index >= 15 is 0 Å². The minimum absolute atomic E-state index is 0.0613. The molecule has 4 rings (SSSR count). The van der Waals surface area contributed by atoms with E-state index in [4.69, 9.17) is 0 Å². The summed E-state index contributed by atoms with van der Waals surface area (Å²) in [5.74, 6) is -0.377. The van der Waals surface area contributed by atoms with Gasteiger partial charge in [-0.3, -0.25) is 14.5 Å². The Morgan fingerprint density at radius 1 is 1.07 bits per heavy atom. The number of rotatable bonds is 4. The van der Waals surface area contributed by atoms with Gasteiger partial charge in [-0.15, -0.1) is 11.8 Å². The second kappa shape index (κ2) is 8.32. The standard InChI is InChI=1S/C24H21FN2O2S/c1-15-9-10-21(16(2)11-15)27-22(28)14-30-24(27)18-6-4-8-20(13-18)26-23(29)17-5-3-7-19(25)12-17/h3-13,24H,14H2,1-2H3,(H,26,29)/t24-/m0/s1. The molecular weight excluding hydrogens is 399 g/mol. The zero-order valence-electron chi connectivity index (χ0n) is 16.7. The molecule has 30 heavy (non-hydrogen) atoms. The molecule has 152 valence electrons. The fraction of sp³-hybridized carbons (Fsp3) is 0.167. The van der Waals surface area contributed by atoms with Crippen LogP contribution in [0.3, 0.4) is 0 Å². The largest absolute Gasteiger partial charge is 0.322 e. The predicted octanol–water partition coefficient (Wildman–Crippen LogP) is 5.47. The average Bonchev–Trinajstić information content (AvgIpc) is 3.09. The molecule has 0 aromatic heterocycles. The lowest BCUT2D eigenvalue weighted by molar-refractivity contribution is -0.115. The number of thioether (sulfide) groups is 1. The Morgan fingerprint density at radius 3 is 2.63 bits per heavy atom. The van der Waals surface area contributed by atoms with E-state index in [1.54, 1.807) is 23.9 Å². The smallest absolute Gasteiger partial charge is 0.255 e. The molecule has 0 bridgehead atoms. The van der Waals surface area contributed by atoms with Gasteiger partial charge in [0, 0.05) is 16.9 Å². The molecule has 3 aromatic rings. The van der Waals surface area contributed by atoms with Gasteiger partial charge in [-0.1, -0.05) is 35.9 Å². The van der Waals surface area contributed by atoms with Gasteiger partial charge in [-0.2, -0.15) is 0 Å². The maximum atomic E-state index is 13.4. The van der Waals surface area contributed by atoms with E-state index in [2.05, 4.69) is 11.4 Å². The second-order valence-corrected chi connectivity index (χ2v) is 8.38. The Bertz CT molecular complexity index is 1130. The first-order chi connectivity index (χ1) is 14.4. The molecule has 2 amide bonds. The van der Waals surface area contributed by atoms with Crippen LogP contribution in [0, 0.1) is 19.7 Å². The van der Waals surface area contributed by atoms with Gasteiger partial charge in [-0.25, -0.2) is 4.39 Å². The molecule has 0 saturated carbocycles. The SMILES string of the molecule is Cc1ccc(N2C(=O)CS[C@H]2c2cccc(NC(=O)c3cccc(F)c3)c2)c(C)c1. The molecule has 4 nitrogen and oxygen atoms in total. The van der Waals surface area contributed by atoms with E-state index in [0.29, 0.717) is 11.4 Å². The van der Waals surface area contributed by atoms with Crippen LogP contribution < -0.4 is 10.2 Å². The number of hydrogen-bond donors (Lipinski definition) is 1. The number of carbonyl (C=O) groups excluding carboxylic acids is 2. The zero-order valence-corrected chi connectivity index (χ0v) is 17.5. The molecule has 1 heterocycles. The lowest BCUT2D eigenvalue weighted by Crippen LogP contribution is -2.28. The molecule has 6 heteroatoms. The number of amides is 2. The van der Waals surface area contributed by atoms with E-state index in [9.17, 15) is 14.0 Å². The summed E-state index contributed by atoms with van der Waals surface area (Å²) in [6.07, 6.45) is 0. The first-order valence-electron chi connectivity index (χ1n) is 9.60. The summed E-state index contributed by atoms with van der Waals surface area (Å²) in [5.41, 5.74) is 4.86. The molecule has 0 spiro atoms. The van der Waals surface area contributed by atoms with Crippen LogP contribution in [-0.2, 0) is 4.79 Å². The molecule has 1 aliphatic rings. The highest BCUT2D eigenvalue weighted by atomic mass is 32.2. The van der Waals surface area contributed by atoms with E-state index < -0.39 is 5.82 Å². The molecule has 1 saturated heterocycles. The van der Waals surface area contributed by atoms with E-state index in [1.807, 2.05) is 49.1 Å². The van der Waals surface area contributed by atoms with Crippen LogP contribution >= 0.6 is 11.8 Å². The quantitative estimate of drug-likeness (QED) is 0.609. The first kappa shape index (κ1) is 20.2. The third kappa shape index (κ3) is 4.09. The Kier molecular flexibility index (Phi) is 5.59. The molecule has 1 fully saturated rings. The summed E-state index contributed by atoms with van der Waals surface area (Å²) in [7, 11) is 0. The summed E-state index contributed by atoms with van der Waals surface area (Å²) in [6.45, 7) is 4.03. The fourth-order valence-corrected chi connectivity index (χ4v) is 4.77. The van der Waals surface area contributed by atoms with Gasteiger partial charge in [0.25, 0.3) is 5.91 Å². The molecule has 0 radical (unpaired) electrons. The van der Waals surface area contributed by atoms with E-state index in [0.717, 1.165) is 22.4 Å². The number of aryl methyl sites for hydroxylation is 2. The highest BCUT2D eigenvalue weighted by Gasteiger charge is 2.34. The van der Waals surface area contributed by atoms with Gasteiger partial charge in [-0.05, 0) is 61.4 Å². The van der Waals surface area contributed by atoms with Crippen LogP contribution in [0.2, 0.25) is 0 Å². The van der Waals surface area contributed by atoms with Crippen molar-refractivity contribution in [1.29, 1.82) is 0 Å². The lowest BCUT2D eigenvalue weighted by Gasteiger charge is -2.26. The van der Waals surface area contributed by atoms with Crippen LogP contribution in [0.15, 0.2) is 66.7 Å². The van der Waals surface area contributed by atoms with Crippen molar-refractivity contribution in [2.24, 2.45) is 0 Å². The number of nitrogens with zero attached hydrogens (tertiary/aromatic N) is 1. The summed E-state index contributed by atoms with van der Waals surface area (Å²) >= 11 is 1.56. The number of halogens is 1. The van der Waals surface area contributed by atoms with E-state index in [-0.39, 0.29) is 22.8 Å². The van der Waals surface area contributed by atoms with Crippen LogP contribution in [0.4, 0.5) is 15.8 Å². The fourth-order valence-electron chi connectivity index (χ4n) is 3.61. The molecule has 0 aliphatic carbocycles. The summed E-state index contributed by atoms with van der Waals surface area (Å²) in [5, 5.41) is 2.64. The van der Waals surface area contributed by atoms with Crippen LogP contribution in [0.5, 0.6) is 0 Å². The van der Waals surface area contributed by atoms with Crippen LogP contribution in [0.25, 0.3) is 0 Å². The minimum atomic E-state index is -0.457. The van der Waals surface area contributed by atoms with Crippen molar-refractivity contribution in [3.8, 4) is 0 Å². The Hall–Kier alpha value is -3.12. The molecule has 1 N–H and O–H groups in total. The van der Waals surface area contributed by atoms with Crippen molar-refractivity contribution in [2.45, 2.75) is 19.2 Å². The topological polar surface area (TPSA) is 49.4 Å². The maximum Gasteiger partial charge on any atom is 0.255 e. The van der Waals surface area contributed by atoms with Gasteiger partial charge in [0.1, 0.15) is 11.2 Å². The predicted molar refractivity (Wildman–Crippen MR) is 119 cm³/mol. The highest BCUT2D eigenvalue weighted by molar-refractivity contribution is 8.00. The van der Waals surface area contributed by atoms with Gasteiger partial charge >= 0.3 is 0 Å². The first-order valence-corrected chi connectivity index (χ1v) is 10.6. The maximum absolute atomic E-state index is 13.4. The molecule has 1 atom stereocenters. The lowest BCUT2D eigenvalue weighted by atomic mass is 10.1. The zero-order chi connectivity index (χ0) is 21.3. The Balaban J connectivity index is 1.61. The third-order valence-electron chi connectivity index (χ3n) is 5.00. The van der Waals surface area contributed by atoms with Gasteiger partial charge in [0.2, 0.25) is 5.91 Å². The number of anilines is 2. The third-order valence-corrected chi connectivity index (χ3v) is 6.21. The van der Waals surface area contributed by atoms with Crippen LogP contribution in [0.1, 0.15) is 32.4 Å². The van der Waals surface area contributed by atoms with Crippen molar-refractivity contribution < 1.29 is 14.0 Å². The van der Waals surface area contributed by atoms with Crippen molar-refractivity contribution in [3.05, 3.63) is 94.8 Å². The number of nitrogens with one attached hydrogen (secondary N) is 1.